The van der Waals surface area contributed by atoms with Gasteiger partial charge in [0.2, 0.25) is 0 Å². The Labute approximate surface area is 100 Å². The second-order valence-corrected chi connectivity index (χ2v) is 5.05. The van der Waals surface area contributed by atoms with E-state index in [0.717, 1.165) is 18.2 Å². The number of hydrogen-bond donors (Lipinski definition) is 1. The number of carbonyl (C=O) groups excluding carboxylic acids is 1. The van der Waals surface area contributed by atoms with Gasteiger partial charge in [-0.2, -0.15) is 0 Å². The molecule has 1 aromatic carbocycles. The maximum Gasteiger partial charge on any atom is 0.151 e. The Morgan fingerprint density at radius 2 is 1.94 bits per heavy atom. The van der Waals surface area contributed by atoms with Crippen molar-refractivity contribution in [1.82, 2.24) is 5.32 Å². The SMILES string of the molecule is CC(C)(C)NCC(=O)Cc1cc(F)ccc1F. The van der Waals surface area contributed by atoms with E-state index in [-0.39, 0.29) is 29.9 Å². The zero-order valence-corrected chi connectivity index (χ0v) is 10.3. The predicted octanol–water partition coefficient (Wildman–Crippen LogP) is 2.46. The normalized spacial score (nSPS) is 11.6. The Bertz CT molecular complexity index is 410. The van der Waals surface area contributed by atoms with Crippen molar-refractivity contribution < 1.29 is 13.6 Å². The monoisotopic (exact) mass is 241 g/mol. The lowest BCUT2D eigenvalue weighted by Gasteiger charge is -2.19. The maximum absolute atomic E-state index is 13.3. The van der Waals surface area contributed by atoms with Crippen molar-refractivity contribution in [1.29, 1.82) is 0 Å². The molecule has 4 heteroatoms. The first-order valence-electron chi connectivity index (χ1n) is 5.48. The molecule has 0 aliphatic heterocycles. The Balaban J connectivity index is 2.59. The Morgan fingerprint density at radius 1 is 1.29 bits per heavy atom. The number of nitrogens with one attached hydrogen (secondary N) is 1. The van der Waals surface area contributed by atoms with Crippen molar-refractivity contribution >= 4 is 5.78 Å². The summed E-state index contributed by atoms with van der Waals surface area (Å²) in [5, 5.41) is 3.01. The van der Waals surface area contributed by atoms with Gasteiger partial charge in [0.25, 0.3) is 0 Å². The first-order chi connectivity index (χ1) is 7.78. The number of benzene rings is 1. The molecule has 0 amide bonds. The van der Waals surface area contributed by atoms with E-state index in [1.807, 2.05) is 20.8 Å². The van der Waals surface area contributed by atoms with E-state index in [2.05, 4.69) is 5.32 Å². The number of carbonyl (C=O) groups is 1. The van der Waals surface area contributed by atoms with E-state index in [0.29, 0.717) is 0 Å². The molecule has 0 saturated carbocycles. The average Bonchev–Trinajstić information content (AvgIpc) is 2.20. The summed E-state index contributed by atoms with van der Waals surface area (Å²) in [6, 6.07) is 3.14. The first kappa shape index (κ1) is 13.8. The molecule has 0 fully saturated rings. The molecule has 0 saturated heterocycles. The molecule has 0 aromatic heterocycles. The van der Waals surface area contributed by atoms with E-state index in [4.69, 9.17) is 0 Å². The van der Waals surface area contributed by atoms with Gasteiger partial charge in [0.15, 0.2) is 5.78 Å². The van der Waals surface area contributed by atoms with E-state index in [1.165, 1.54) is 0 Å². The van der Waals surface area contributed by atoms with Crippen molar-refractivity contribution in [3.05, 3.63) is 35.4 Å². The third-order valence-corrected chi connectivity index (χ3v) is 2.21. The van der Waals surface area contributed by atoms with Crippen LogP contribution in [0.15, 0.2) is 18.2 Å². The molecule has 0 aliphatic carbocycles. The average molecular weight is 241 g/mol. The molecule has 1 N–H and O–H groups in total. The van der Waals surface area contributed by atoms with Gasteiger partial charge in [-0.25, -0.2) is 8.78 Å². The van der Waals surface area contributed by atoms with Crippen molar-refractivity contribution in [2.75, 3.05) is 6.54 Å². The molecular formula is C13H17F2NO. The zero-order valence-electron chi connectivity index (χ0n) is 10.3. The number of ketones is 1. The summed E-state index contributed by atoms with van der Waals surface area (Å²) in [6.45, 7) is 5.95. The summed E-state index contributed by atoms with van der Waals surface area (Å²) in [5.74, 6) is -1.24. The highest BCUT2D eigenvalue weighted by Gasteiger charge is 2.13. The largest absolute Gasteiger partial charge is 0.305 e. The van der Waals surface area contributed by atoms with Crippen molar-refractivity contribution in [2.24, 2.45) is 0 Å². The minimum Gasteiger partial charge on any atom is -0.305 e. The molecule has 1 aromatic rings. The molecular weight excluding hydrogens is 224 g/mol. The first-order valence-corrected chi connectivity index (χ1v) is 5.48. The molecule has 0 atom stereocenters. The van der Waals surface area contributed by atoms with E-state index < -0.39 is 11.6 Å². The van der Waals surface area contributed by atoms with Gasteiger partial charge in [-0.15, -0.1) is 0 Å². The minimum atomic E-state index is -0.546. The highest BCUT2D eigenvalue weighted by Crippen LogP contribution is 2.10. The minimum absolute atomic E-state index is 0.0906. The van der Waals surface area contributed by atoms with Crippen molar-refractivity contribution in [3.63, 3.8) is 0 Å². The third-order valence-electron chi connectivity index (χ3n) is 2.21. The molecule has 0 unspecified atom stereocenters. The van der Waals surface area contributed by atoms with Gasteiger partial charge in [0.05, 0.1) is 6.54 Å². The van der Waals surface area contributed by atoms with Crippen LogP contribution in [0.3, 0.4) is 0 Å². The van der Waals surface area contributed by atoms with Crippen LogP contribution in [-0.2, 0) is 11.2 Å². The Morgan fingerprint density at radius 3 is 2.53 bits per heavy atom. The van der Waals surface area contributed by atoms with Gasteiger partial charge in [-0.1, -0.05) is 0 Å². The van der Waals surface area contributed by atoms with Gasteiger partial charge in [0.1, 0.15) is 11.6 Å². The fourth-order valence-corrected chi connectivity index (χ4v) is 1.32. The molecule has 0 radical (unpaired) electrons. The number of rotatable bonds is 4. The van der Waals surface area contributed by atoms with Gasteiger partial charge >= 0.3 is 0 Å². The quantitative estimate of drug-likeness (QED) is 0.877. The molecule has 17 heavy (non-hydrogen) atoms. The fourth-order valence-electron chi connectivity index (χ4n) is 1.32. The standard InChI is InChI=1S/C13H17F2NO/c1-13(2,3)16-8-11(17)7-9-6-10(14)4-5-12(9)15/h4-6,16H,7-8H2,1-3H3. The molecule has 0 heterocycles. The lowest BCUT2D eigenvalue weighted by Crippen LogP contribution is -2.39. The van der Waals surface area contributed by atoms with Crippen LogP contribution in [0.4, 0.5) is 8.78 Å². The number of hydrogen-bond acceptors (Lipinski definition) is 2. The van der Waals surface area contributed by atoms with Crippen LogP contribution in [0.1, 0.15) is 26.3 Å². The summed E-state index contributed by atoms with van der Waals surface area (Å²) < 4.78 is 26.1. The molecule has 0 spiro atoms. The van der Waals surface area contributed by atoms with Crippen LogP contribution in [-0.4, -0.2) is 17.9 Å². The van der Waals surface area contributed by atoms with Gasteiger partial charge < -0.3 is 5.32 Å². The zero-order chi connectivity index (χ0) is 13.1. The second kappa shape index (κ2) is 5.36. The van der Waals surface area contributed by atoms with Gasteiger partial charge in [-0.05, 0) is 44.5 Å². The van der Waals surface area contributed by atoms with E-state index in [9.17, 15) is 13.6 Å². The Hall–Kier alpha value is -1.29. The topological polar surface area (TPSA) is 29.1 Å². The van der Waals surface area contributed by atoms with Crippen LogP contribution in [0.5, 0.6) is 0 Å². The maximum atomic E-state index is 13.3. The van der Waals surface area contributed by atoms with Gasteiger partial charge in [-0.3, -0.25) is 4.79 Å². The summed E-state index contributed by atoms with van der Waals surface area (Å²) in [7, 11) is 0. The fraction of sp³-hybridized carbons (Fsp3) is 0.462. The Kier molecular flexibility index (Phi) is 4.34. The van der Waals surface area contributed by atoms with E-state index in [1.54, 1.807) is 0 Å². The molecule has 94 valence electrons. The van der Waals surface area contributed by atoms with Crippen LogP contribution in [0, 0.1) is 11.6 Å². The third kappa shape index (κ3) is 5.04. The molecule has 0 bridgehead atoms. The van der Waals surface area contributed by atoms with Gasteiger partial charge in [0, 0.05) is 12.0 Å². The van der Waals surface area contributed by atoms with Crippen LogP contribution < -0.4 is 5.32 Å². The highest BCUT2D eigenvalue weighted by atomic mass is 19.1. The number of Topliss-reactive ketones (excluding diaryl/α,β-unsaturated/α-hetero) is 1. The lowest BCUT2D eigenvalue weighted by atomic mass is 10.1. The highest BCUT2D eigenvalue weighted by molar-refractivity contribution is 5.82. The smallest absolute Gasteiger partial charge is 0.151 e. The van der Waals surface area contributed by atoms with Crippen molar-refractivity contribution in [2.45, 2.75) is 32.7 Å². The number of halogens is 2. The molecule has 2 nitrogen and oxygen atoms in total. The summed E-state index contributed by atoms with van der Waals surface area (Å²) in [4.78, 5) is 11.6. The van der Waals surface area contributed by atoms with Crippen LogP contribution in [0.2, 0.25) is 0 Å². The summed E-state index contributed by atoms with van der Waals surface area (Å²) in [6.07, 6.45) is -0.0906. The summed E-state index contributed by atoms with van der Waals surface area (Å²) in [5.41, 5.74) is -0.0680. The lowest BCUT2D eigenvalue weighted by molar-refractivity contribution is -0.117. The van der Waals surface area contributed by atoms with E-state index >= 15 is 0 Å². The van der Waals surface area contributed by atoms with Crippen LogP contribution in [0.25, 0.3) is 0 Å². The molecule has 1 rings (SSSR count). The summed E-state index contributed by atoms with van der Waals surface area (Å²) >= 11 is 0. The second-order valence-electron chi connectivity index (χ2n) is 5.05. The van der Waals surface area contributed by atoms with Crippen molar-refractivity contribution in [3.8, 4) is 0 Å². The molecule has 0 aliphatic rings. The van der Waals surface area contributed by atoms with Crippen LogP contribution >= 0.6 is 0 Å². The predicted molar refractivity (Wildman–Crippen MR) is 62.8 cm³/mol.